The van der Waals surface area contributed by atoms with Gasteiger partial charge in [0.25, 0.3) is 0 Å². The molecule has 0 amide bonds. The molecule has 3 rings (SSSR count). The van der Waals surface area contributed by atoms with Crippen LogP contribution in [-0.2, 0) is 13.6 Å². The van der Waals surface area contributed by atoms with E-state index in [1.54, 1.807) is 16.4 Å². The second-order valence-corrected chi connectivity index (χ2v) is 6.52. The molecule has 2 aromatic rings. The third-order valence-electron chi connectivity index (χ3n) is 2.96. The average Bonchev–Trinajstić information content (AvgIpc) is 3.14. The van der Waals surface area contributed by atoms with Gasteiger partial charge in [-0.3, -0.25) is 0 Å². The zero-order chi connectivity index (χ0) is 13.2. The van der Waals surface area contributed by atoms with Gasteiger partial charge in [-0.25, -0.2) is 4.68 Å². The Labute approximate surface area is 124 Å². The highest BCUT2D eigenvalue weighted by molar-refractivity contribution is 9.10. The second kappa shape index (κ2) is 5.60. The summed E-state index contributed by atoms with van der Waals surface area (Å²) in [6.07, 6.45) is 2.59. The lowest BCUT2D eigenvalue weighted by Crippen LogP contribution is -2.15. The summed E-state index contributed by atoms with van der Waals surface area (Å²) < 4.78 is 2.78. The van der Waals surface area contributed by atoms with Crippen molar-refractivity contribution < 1.29 is 0 Å². The van der Waals surface area contributed by atoms with Crippen molar-refractivity contribution in [3.05, 3.63) is 28.2 Å². The maximum Gasteiger partial charge on any atom is 0.213 e. The lowest BCUT2D eigenvalue weighted by Gasteiger charge is -2.09. The van der Waals surface area contributed by atoms with Crippen LogP contribution in [0.4, 0.5) is 0 Å². The van der Waals surface area contributed by atoms with Gasteiger partial charge in [0.1, 0.15) is 0 Å². The first-order valence-corrected chi connectivity index (χ1v) is 7.75. The molecular weight excluding hydrogens is 326 g/mol. The van der Waals surface area contributed by atoms with E-state index >= 15 is 0 Å². The molecule has 0 radical (unpaired) electrons. The van der Waals surface area contributed by atoms with E-state index in [2.05, 4.69) is 48.9 Å². The van der Waals surface area contributed by atoms with E-state index in [9.17, 15) is 0 Å². The molecule has 1 saturated carbocycles. The Morgan fingerprint density at radius 3 is 3.00 bits per heavy atom. The Hall–Kier alpha value is -0.920. The quantitative estimate of drug-likeness (QED) is 0.906. The summed E-state index contributed by atoms with van der Waals surface area (Å²) in [5.41, 5.74) is 1.27. The summed E-state index contributed by atoms with van der Waals surface area (Å²) in [5, 5.41) is 15.9. The van der Waals surface area contributed by atoms with Crippen LogP contribution in [0.5, 0.6) is 0 Å². The Morgan fingerprint density at radius 1 is 1.47 bits per heavy atom. The lowest BCUT2D eigenvalue weighted by atomic mass is 10.2. The van der Waals surface area contributed by atoms with Gasteiger partial charge in [0, 0.05) is 29.0 Å². The molecule has 1 N–H and O–H groups in total. The van der Waals surface area contributed by atoms with E-state index in [1.807, 2.05) is 13.1 Å². The molecule has 0 unspecified atom stereocenters. The van der Waals surface area contributed by atoms with Crippen LogP contribution >= 0.6 is 27.7 Å². The fourth-order valence-electron chi connectivity index (χ4n) is 1.73. The summed E-state index contributed by atoms with van der Waals surface area (Å²) in [5.74, 6) is 0. The van der Waals surface area contributed by atoms with E-state index in [0.717, 1.165) is 16.2 Å². The average molecular weight is 340 g/mol. The Morgan fingerprint density at radius 2 is 2.32 bits per heavy atom. The van der Waals surface area contributed by atoms with Gasteiger partial charge in [0.05, 0.1) is 0 Å². The predicted octanol–water partition coefficient (Wildman–Crippen LogP) is 2.38. The van der Waals surface area contributed by atoms with Gasteiger partial charge in [0.15, 0.2) is 0 Å². The third-order valence-corrected chi connectivity index (χ3v) is 4.60. The molecule has 0 spiro atoms. The van der Waals surface area contributed by atoms with Crippen LogP contribution in [0.1, 0.15) is 18.4 Å². The molecule has 0 saturated heterocycles. The normalized spacial score (nSPS) is 14.8. The lowest BCUT2D eigenvalue weighted by molar-refractivity contribution is 0.663. The van der Waals surface area contributed by atoms with E-state index in [4.69, 9.17) is 0 Å². The summed E-state index contributed by atoms with van der Waals surface area (Å²) >= 11 is 5.12. The SMILES string of the molecule is Cn1nnnc1Sc1ccc(Br)cc1CNC1CC1. The zero-order valence-electron chi connectivity index (χ0n) is 10.5. The van der Waals surface area contributed by atoms with Crippen molar-refractivity contribution in [1.82, 2.24) is 25.5 Å². The van der Waals surface area contributed by atoms with Gasteiger partial charge >= 0.3 is 0 Å². The van der Waals surface area contributed by atoms with Gasteiger partial charge in [-0.05, 0) is 58.8 Å². The smallest absolute Gasteiger partial charge is 0.213 e. The minimum Gasteiger partial charge on any atom is -0.310 e. The molecule has 0 atom stereocenters. The molecule has 1 aliphatic rings. The van der Waals surface area contributed by atoms with Crippen LogP contribution in [0.15, 0.2) is 32.7 Å². The zero-order valence-corrected chi connectivity index (χ0v) is 12.9. The topological polar surface area (TPSA) is 55.6 Å². The second-order valence-electron chi connectivity index (χ2n) is 4.59. The highest BCUT2D eigenvalue weighted by atomic mass is 79.9. The van der Waals surface area contributed by atoms with Crippen molar-refractivity contribution in [3.8, 4) is 0 Å². The number of aryl methyl sites for hydroxylation is 1. The number of benzene rings is 1. The van der Waals surface area contributed by atoms with E-state index < -0.39 is 0 Å². The molecule has 19 heavy (non-hydrogen) atoms. The number of hydrogen-bond acceptors (Lipinski definition) is 5. The molecule has 0 aliphatic heterocycles. The molecule has 100 valence electrons. The van der Waals surface area contributed by atoms with E-state index in [1.165, 1.54) is 23.3 Å². The maximum absolute atomic E-state index is 4.01. The fourth-order valence-corrected chi connectivity index (χ4v) is 2.98. The molecule has 1 aromatic heterocycles. The van der Waals surface area contributed by atoms with Gasteiger partial charge in [-0.1, -0.05) is 15.9 Å². The van der Waals surface area contributed by atoms with Crippen LogP contribution < -0.4 is 5.32 Å². The molecule has 0 bridgehead atoms. The Balaban J connectivity index is 1.80. The molecule has 1 aliphatic carbocycles. The van der Waals surface area contributed by atoms with Gasteiger partial charge in [-0.2, -0.15) is 0 Å². The number of hydrogen-bond donors (Lipinski definition) is 1. The molecule has 5 nitrogen and oxygen atoms in total. The summed E-state index contributed by atoms with van der Waals surface area (Å²) in [6, 6.07) is 7.01. The van der Waals surface area contributed by atoms with Crippen molar-refractivity contribution in [1.29, 1.82) is 0 Å². The fraction of sp³-hybridized carbons (Fsp3) is 0.417. The largest absolute Gasteiger partial charge is 0.310 e. The van der Waals surface area contributed by atoms with Gasteiger partial charge in [-0.15, -0.1) is 5.10 Å². The summed E-state index contributed by atoms with van der Waals surface area (Å²) in [7, 11) is 1.85. The summed E-state index contributed by atoms with van der Waals surface area (Å²) in [6.45, 7) is 0.887. The molecule has 1 aromatic carbocycles. The first-order valence-electron chi connectivity index (χ1n) is 6.14. The molecular formula is C12H14BrN5S. The van der Waals surface area contributed by atoms with E-state index in [-0.39, 0.29) is 0 Å². The van der Waals surface area contributed by atoms with Crippen LogP contribution in [0.3, 0.4) is 0 Å². The predicted molar refractivity (Wildman–Crippen MR) is 76.9 cm³/mol. The van der Waals surface area contributed by atoms with Crippen LogP contribution in [0, 0.1) is 0 Å². The standard InChI is InChI=1S/C12H14BrN5S/c1-18-12(15-16-17-18)19-11-5-2-9(13)6-8(11)7-14-10-3-4-10/h2,5-6,10,14H,3-4,7H2,1H3. The Kier molecular flexibility index (Phi) is 3.86. The molecule has 7 heteroatoms. The van der Waals surface area contributed by atoms with Crippen LogP contribution in [-0.4, -0.2) is 26.2 Å². The highest BCUT2D eigenvalue weighted by Crippen LogP contribution is 2.31. The molecule has 1 fully saturated rings. The maximum atomic E-state index is 4.01. The van der Waals surface area contributed by atoms with Crippen LogP contribution in [0.25, 0.3) is 0 Å². The first-order chi connectivity index (χ1) is 9.22. The molecule has 1 heterocycles. The van der Waals surface area contributed by atoms with Gasteiger partial charge in [0.2, 0.25) is 5.16 Å². The van der Waals surface area contributed by atoms with Gasteiger partial charge < -0.3 is 5.32 Å². The monoisotopic (exact) mass is 339 g/mol. The van der Waals surface area contributed by atoms with Crippen molar-refractivity contribution in [2.24, 2.45) is 7.05 Å². The number of halogens is 1. The number of rotatable bonds is 5. The van der Waals surface area contributed by atoms with Crippen molar-refractivity contribution in [2.75, 3.05) is 0 Å². The van der Waals surface area contributed by atoms with Crippen molar-refractivity contribution >= 4 is 27.7 Å². The van der Waals surface area contributed by atoms with Crippen LogP contribution in [0.2, 0.25) is 0 Å². The number of nitrogens with zero attached hydrogens (tertiary/aromatic N) is 4. The van der Waals surface area contributed by atoms with Crippen molar-refractivity contribution in [3.63, 3.8) is 0 Å². The number of tetrazole rings is 1. The van der Waals surface area contributed by atoms with Crippen molar-refractivity contribution in [2.45, 2.75) is 35.5 Å². The summed E-state index contributed by atoms with van der Waals surface area (Å²) in [4.78, 5) is 1.19. The minimum atomic E-state index is 0.702. The number of aromatic nitrogens is 4. The van der Waals surface area contributed by atoms with E-state index in [0.29, 0.717) is 6.04 Å². The Bertz CT molecular complexity index is 581. The number of nitrogens with one attached hydrogen (secondary N) is 1. The third kappa shape index (κ3) is 3.34. The minimum absolute atomic E-state index is 0.702. The first kappa shape index (κ1) is 13.1. The highest BCUT2D eigenvalue weighted by Gasteiger charge is 2.20.